The van der Waals surface area contributed by atoms with Crippen LogP contribution in [0.15, 0.2) is 36.8 Å². The number of ether oxygens (including phenoxy) is 2. The molecule has 0 bridgehead atoms. The van der Waals surface area contributed by atoms with Gasteiger partial charge in [-0.1, -0.05) is 0 Å². The molecule has 39 heavy (non-hydrogen) atoms. The number of nitrogens with two attached hydrogens (primary N) is 1. The smallest absolute Gasteiger partial charge is 0.236 e. The van der Waals surface area contributed by atoms with Crippen molar-refractivity contribution in [1.29, 1.82) is 0 Å². The van der Waals surface area contributed by atoms with Gasteiger partial charge in [-0.25, -0.2) is 23.7 Å². The van der Waals surface area contributed by atoms with Crippen molar-refractivity contribution < 1.29 is 23.0 Å². The van der Waals surface area contributed by atoms with E-state index < -0.39 is 24.0 Å². The first-order valence-corrected chi connectivity index (χ1v) is 12.6. The van der Waals surface area contributed by atoms with Crippen molar-refractivity contribution in [2.45, 2.75) is 6.42 Å². The van der Waals surface area contributed by atoms with Gasteiger partial charge in [0, 0.05) is 67.0 Å². The van der Waals surface area contributed by atoms with Gasteiger partial charge in [0.2, 0.25) is 17.8 Å². The first kappa shape index (κ1) is 25.1. The summed E-state index contributed by atoms with van der Waals surface area (Å²) in [5.41, 5.74) is 7.21. The summed E-state index contributed by atoms with van der Waals surface area (Å²) in [4.78, 5) is 34.8. The number of nitrogens with zero attached hydrogens (tertiary/aromatic N) is 7. The lowest BCUT2D eigenvalue weighted by Crippen LogP contribution is -2.37. The summed E-state index contributed by atoms with van der Waals surface area (Å²) in [5, 5.41) is 0.567. The molecule has 0 saturated carbocycles. The van der Waals surface area contributed by atoms with Gasteiger partial charge in [0.25, 0.3) is 0 Å². The van der Waals surface area contributed by atoms with Crippen LogP contribution in [0.5, 0.6) is 0 Å². The minimum atomic E-state index is -0.773. The molecule has 0 atom stereocenters. The number of anilines is 3. The van der Waals surface area contributed by atoms with Crippen LogP contribution < -0.4 is 15.5 Å². The first-order valence-electron chi connectivity index (χ1n) is 12.6. The minimum Gasteiger partial charge on any atom is -0.378 e. The van der Waals surface area contributed by atoms with E-state index in [-0.39, 0.29) is 11.5 Å². The molecule has 2 saturated heterocycles. The molecule has 2 N–H and O–H groups in total. The molecule has 2 aliphatic heterocycles. The number of carbonyl (C=O) groups excluding carboxylic acids is 1. The van der Waals surface area contributed by atoms with E-state index in [1.54, 1.807) is 18.5 Å². The summed E-state index contributed by atoms with van der Waals surface area (Å²) in [5.74, 6) is -1.56. The third-order valence-electron chi connectivity index (χ3n) is 6.87. The van der Waals surface area contributed by atoms with Crippen LogP contribution in [0.1, 0.15) is 10.4 Å². The predicted octanol–water partition coefficient (Wildman–Crippen LogP) is 2.30. The SMILES string of the molecule is Nc1ncc(-c2nc(N3CCOCC3)nc3c2ccn3C(=O)Cc2c(F)cc(N3CCOCC3)cc2F)cn1. The molecule has 0 aliphatic carbocycles. The number of fused-ring (bicyclic) bond motifs is 1. The van der Waals surface area contributed by atoms with E-state index in [4.69, 9.17) is 20.2 Å². The Balaban J connectivity index is 1.36. The third kappa shape index (κ3) is 4.98. The lowest BCUT2D eigenvalue weighted by atomic mass is 10.1. The Morgan fingerprint density at radius 2 is 1.54 bits per heavy atom. The van der Waals surface area contributed by atoms with Crippen LogP contribution in [0.25, 0.3) is 22.3 Å². The van der Waals surface area contributed by atoms with Crippen molar-refractivity contribution in [1.82, 2.24) is 24.5 Å². The third-order valence-corrected chi connectivity index (χ3v) is 6.87. The highest BCUT2D eigenvalue weighted by molar-refractivity contribution is 5.98. The summed E-state index contributed by atoms with van der Waals surface area (Å²) in [6.07, 6.45) is 4.15. The molecule has 202 valence electrons. The largest absolute Gasteiger partial charge is 0.378 e. The van der Waals surface area contributed by atoms with Crippen LogP contribution in [0, 0.1) is 11.6 Å². The van der Waals surface area contributed by atoms with Gasteiger partial charge in [0.05, 0.1) is 38.5 Å². The molecule has 2 fully saturated rings. The summed E-state index contributed by atoms with van der Waals surface area (Å²) >= 11 is 0. The fourth-order valence-electron chi connectivity index (χ4n) is 4.79. The number of nitrogen functional groups attached to an aromatic ring is 1. The maximum Gasteiger partial charge on any atom is 0.236 e. The number of benzene rings is 1. The Morgan fingerprint density at radius 3 is 2.18 bits per heavy atom. The van der Waals surface area contributed by atoms with Crippen LogP contribution in [0.2, 0.25) is 0 Å². The molecule has 1 aromatic carbocycles. The van der Waals surface area contributed by atoms with Crippen LogP contribution in [0.4, 0.5) is 26.4 Å². The second kappa shape index (κ2) is 10.5. The lowest BCUT2D eigenvalue weighted by Gasteiger charge is -2.29. The number of carbonyl (C=O) groups is 1. The summed E-state index contributed by atoms with van der Waals surface area (Å²) in [7, 11) is 0. The summed E-state index contributed by atoms with van der Waals surface area (Å²) in [6.45, 7) is 4.24. The van der Waals surface area contributed by atoms with Gasteiger partial charge < -0.3 is 25.0 Å². The van der Waals surface area contributed by atoms with Crippen molar-refractivity contribution >= 4 is 34.5 Å². The molecule has 5 heterocycles. The van der Waals surface area contributed by atoms with Crippen LogP contribution in [0.3, 0.4) is 0 Å². The van der Waals surface area contributed by atoms with Crippen molar-refractivity contribution in [3.05, 3.63) is 54.0 Å². The molecule has 4 aromatic rings. The topological polar surface area (TPSA) is 125 Å². The minimum absolute atomic E-state index is 0.119. The first-order chi connectivity index (χ1) is 19.0. The predicted molar refractivity (Wildman–Crippen MR) is 140 cm³/mol. The Hall–Kier alpha value is -4.23. The number of halogens is 2. The highest BCUT2D eigenvalue weighted by Crippen LogP contribution is 2.30. The van der Waals surface area contributed by atoms with E-state index in [0.29, 0.717) is 86.5 Å². The number of aromatic nitrogens is 5. The Morgan fingerprint density at radius 1 is 0.923 bits per heavy atom. The van der Waals surface area contributed by atoms with Crippen molar-refractivity contribution in [2.75, 3.05) is 68.1 Å². The number of hydrogen-bond acceptors (Lipinski definition) is 10. The second-order valence-corrected chi connectivity index (χ2v) is 9.28. The molecule has 2 aliphatic rings. The zero-order valence-corrected chi connectivity index (χ0v) is 21.0. The van der Waals surface area contributed by atoms with Gasteiger partial charge in [-0.2, -0.15) is 4.98 Å². The molecule has 13 heteroatoms. The highest BCUT2D eigenvalue weighted by atomic mass is 19.1. The maximum atomic E-state index is 15.1. The number of hydrogen-bond donors (Lipinski definition) is 1. The van der Waals surface area contributed by atoms with Crippen molar-refractivity contribution in [3.63, 3.8) is 0 Å². The van der Waals surface area contributed by atoms with Gasteiger partial charge in [-0.15, -0.1) is 0 Å². The number of rotatable bonds is 5. The lowest BCUT2D eigenvalue weighted by molar-refractivity contribution is 0.0916. The van der Waals surface area contributed by atoms with E-state index in [9.17, 15) is 4.79 Å². The fraction of sp³-hybridized carbons (Fsp3) is 0.346. The molecule has 0 amide bonds. The van der Waals surface area contributed by atoms with Crippen LogP contribution >= 0.6 is 0 Å². The van der Waals surface area contributed by atoms with Gasteiger partial charge in [-0.3, -0.25) is 9.36 Å². The molecule has 11 nitrogen and oxygen atoms in total. The standard InChI is InChI=1S/C26H26F2N8O3/c27-20-11-17(34-3-7-38-8-4-34)12-21(28)19(20)13-22(37)36-2-1-18-23(16-14-30-25(29)31-15-16)32-26(33-24(18)36)35-5-9-39-10-6-35/h1-2,11-12,14-15H,3-10,13H2,(H2,29,30,31). The molecule has 0 spiro atoms. The molecular formula is C26H26F2N8O3. The highest BCUT2D eigenvalue weighted by Gasteiger charge is 2.24. The normalized spacial score (nSPS) is 16.2. The zero-order valence-electron chi connectivity index (χ0n) is 21.0. The van der Waals surface area contributed by atoms with E-state index >= 15 is 8.78 Å². The molecular weight excluding hydrogens is 510 g/mol. The Kier molecular flexibility index (Phi) is 6.75. The van der Waals surface area contributed by atoms with Gasteiger partial charge in [-0.05, 0) is 18.2 Å². The molecule has 0 unspecified atom stereocenters. The van der Waals surface area contributed by atoms with E-state index in [0.717, 1.165) is 0 Å². The molecule has 6 rings (SSSR count). The number of morpholine rings is 2. The average Bonchev–Trinajstić information content (AvgIpc) is 3.40. The zero-order chi connectivity index (χ0) is 26.9. The van der Waals surface area contributed by atoms with Gasteiger partial charge >= 0.3 is 0 Å². The molecule has 0 radical (unpaired) electrons. The van der Waals surface area contributed by atoms with Gasteiger partial charge in [0.15, 0.2) is 5.65 Å². The van der Waals surface area contributed by atoms with Crippen molar-refractivity contribution in [3.8, 4) is 11.3 Å². The molecule has 3 aromatic heterocycles. The maximum absolute atomic E-state index is 15.1. The quantitative estimate of drug-likeness (QED) is 0.406. The van der Waals surface area contributed by atoms with E-state index in [1.165, 1.54) is 22.9 Å². The van der Waals surface area contributed by atoms with Crippen LogP contribution in [-0.4, -0.2) is 83.0 Å². The Bertz CT molecular complexity index is 1490. The van der Waals surface area contributed by atoms with Crippen molar-refractivity contribution in [2.24, 2.45) is 0 Å². The van der Waals surface area contributed by atoms with Gasteiger partial charge in [0.1, 0.15) is 11.6 Å². The van der Waals surface area contributed by atoms with E-state index in [2.05, 4.69) is 15.0 Å². The summed E-state index contributed by atoms with van der Waals surface area (Å²) in [6, 6.07) is 4.22. The second-order valence-electron chi connectivity index (χ2n) is 9.28. The monoisotopic (exact) mass is 536 g/mol. The van der Waals surface area contributed by atoms with Crippen LogP contribution in [-0.2, 0) is 15.9 Å². The summed E-state index contributed by atoms with van der Waals surface area (Å²) < 4.78 is 42.2. The fourth-order valence-corrected chi connectivity index (χ4v) is 4.79. The average molecular weight is 537 g/mol. The van der Waals surface area contributed by atoms with E-state index in [1.807, 2.05) is 9.80 Å². The Labute approximate surface area is 222 Å².